The van der Waals surface area contributed by atoms with Gasteiger partial charge < -0.3 is 9.55 Å². The number of nitrogens with zero attached hydrogens (tertiary/aromatic N) is 3. The molecule has 0 fully saturated rings. The van der Waals surface area contributed by atoms with E-state index in [-0.39, 0.29) is 5.78 Å². The van der Waals surface area contributed by atoms with E-state index in [1.165, 1.54) is 0 Å². The lowest BCUT2D eigenvalue weighted by Crippen LogP contribution is -2.20. The first-order valence-electron chi connectivity index (χ1n) is 6.49. The number of rotatable bonds is 2. The molecule has 3 rings (SSSR count). The predicted octanol–water partition coefficient (Wildman–Crippen LogP) is 2.98. The van der Waals surface area contributed by atoms with Crippen LogP contribution in [0.5, 0.6) is 0 Å². The van der Waals surface area contributed by atoms with Crippen LogP contribution >= 0.6 is 0 Å². The van der Waals surface area contributed by atoms with Crippen molar-refractivity contribution in [3.63, 3.8) is 0 Å². The molecule has 0 unspecified atom stereocenters. The topological polar surface area (TPSA) is 63.6 Å². The molecule has 0 aromatic carbocycles. The first-order valence-corrected chi connectivity index (χ1v) is 6.49. The molecule has 1 N–H and O–H groups in total. The van der Waals surface area contributed by atoms with E-state index in [1.54, 1.807) is 12.4 Å². The van der Waals surface area contributed by atoms with Crippen LogP contribution in [-0.2, 0) is 0 Å². The molecule has 102 valence electrons. The van der Waals surface area contributed by atoms with Crippen molar-refractivity contribution in [3.05, 3.63) is 42.5 Å². The Morgan fingerprint density at radius 3 is 2.60 bits per heavy atom. The van der Waals surface area contributed by atoms with Gasteiger partial charge in [0.05, 0.1) is 11.8 Å². The summed E-state index contributed by atoms with van der Waals surface area (Å²) in [5.74, 6) is 0.757. The highest BCUT2D eigenvalue weighted by Gasteiger charge is 2.26. The van der Waals surface area contributed by atoms with E-state index < -0.39 is 5.41 Å². The van der Waals surface area contributed by atoms with Crippen molar-refractivity contribution >= 4 is 16.9 Å². The van der Waals surface area contributed by atoms with E-state index in [1.807, 2.05) is 49.9 Å². The molecular weight excluding hydrogens is 252 g/mol. The maximum atomic E-state index is 12.4. The fourth-order valence-electron chi connectivity index (χ4n) is 2.07. The van der Waals surface area contributed by atoms with Crippen LogP contribution in [0.1, 0.15) is 31.1 Å². The van der Waals surface area contributed by atoms with Gasteiger partial charge in [0.1, 0.15) is 5.52 Å². The molecule has 0 spiro atoms. The van der Waals surface area contributed by atoms with E-state index in [9.17, 15) is 4.79 Å². The second-order valence-corrected chi connectivity index (χ2v) is 5.80. The number of Topliss-reactive ketones (excluding diaryl/α,β-unsaturated/α-hetero) is 1. The molecular formula is C15H16N4O. The number of carbonyl (C=O) groups excluding carboxylic acids is 1. The zero-order chi connectivity index (χ0) is 14.3. The Morgan fingerprint density at radius 1 is 1.25 bits per heavy atom. The maximum Gasteiger partial charge on any atom is 0.171 e. The summed E-state index contributed by atoms with van der Waals surface area (Å²) in [5, 5.41) is 0. The zero-order valence-corrected chi connectivity index (χ0v) is 11.7. The van der Waals surface area contributed by atoms with E-state index in [2.05, 4.69) is 15.0 Å². The van der Waals surface area contributed by atoms with Crippen LogP contribution in [0.4, 0.5) is 0 Å². The number of hydrogen-bond donors (Lipinski definition) is 1. The Bertz CT molecular complexity index is 763. The molecule has 20 heavy (non-hydrogen) atoms. The van der Waals surface area contributed by atoms with Gasteiger partial charge >= 0.3 is 0 Å². The zero-order valence-electron chi connectivity index (χ0n) is 11.7. The average Bonchev–Trinajstić information content (AvgIpc) is 3.05. The monoisotopic (exact) mass is 268 g/mol. The summed E-state index contributed by atoms with van der Waals surface area (Å²) in [7, 11) is 0. The molecule has 0 aliphatic heterocycles. The van der Waals surface area contributed by atoms with Crippen molar-refractivity contribution in [3.8, 4) is 5.82 Å². The lowest BCUT2D eigenvalue weighted by atomic mass is 9.87. The second kappa shape index (κ2) is 4.30. The Balaban J connectivity index is 2.16. The maximum absolute atomic E-state index is 12.4. The molecule has 0 amide bonds. The molecule has 0 radical (unpaired) electrons. The minimum atomic E-state index is -0.444. The first-order chi connectivity index (χ1) is 9.47. The average molecular weight is 268 g/mol. The smallest absolute Gasteiger partial charge is 0.171 e. The highest BCUT2D eigenvalue weighted by Crippen LogP contribution is 2.25. The van der Waals surface area contributed by atoms with Crippen molar-refractivity contribution in [2.75, 3.05) is 0 Å². The summed E-state index contributed by atoms with van der Waals surface area (Å²) in [6.45, 7) is 5.70. The predicted molar refractivity (Wildman–Crippen MR) is 77.0 cm³/mol. The lowest BCUT2D eigenvalue weighted by Gasteiger charge is -2.15. The third-order valence-electron chi connectivity index (χ3n) is 3.16. The quantitative estimate of drug-likeness (QED) is 0.727. The van der Waals surface area contributed by atoms with Gasteiger partial charge in [-0.1, -0.05) is 20.8 Å². The number of aromatic amines is 1. The van der Waals surface area contributed by atoms with E-state index in [0.717, 1.165) is 0 Å². The van der Waals surface area contributed by atoms with Gasteiger partial charge in [-0.3, -0.25) is 4.79 Å². The number of H-pyrrole nitrogens is 1. The Hall–Kier alpha value is -2.43. The van der Waals surface area contributed by atoms with Crippen LogP contribution in [0.2, 0.25) is 0 Å². The molecule has 0 aliphatic rings. The largest absolute Gasteiger partial charge is 0.344 e. The number of ketones is 1. The van der Waals surface area contributed by atoms with Gasteiger partial charge in [0.15, 0.2) is 17.2 Å². The van der Waals surface area contributed by atoms with Crippen molar-refractivity contribution in [2.24, 2.45) is 5.41 Å². The van der Waals surface area contributed by atoms with E-state index in [4.69, 9.17) is 0 Å². The van der Waals surface area contributed by atoms with E-state index >= 15 is 0 Å². The molecule has 0 saturated heterocycles. The number of nitrogens with one attached hydrogen (secondary N) is 1. The van der Waals surface area contributed by atoms with Crippen molar-refractivity contribution in [1.82, 2.24) is 19.5 Å². The first kappa shape index (κ1) is 12.6. The normalized spacial score (nSPS) is 11.9. The Morgan fingerprint density at radius 2 is 1.95 bits per heavy atom. The molecule has 3 heterocycles. The molecule has 3 aromatic heterocycles. The highest BCUT2D eigenvalue weighted by molar-refractivity contribution is 6.08. The third kappa shape index (κ3) is 2.01. The molecule has 5 nitrogen and oxygen atoms in total. The van der Waals surface area contributed by atoms with Gasteiger partial charge in [-0.2, -0.15) is 0 Å². The minimum absolute atomic E-state index is 0.0581. The van der Waals surface area contributed by atoms with Crippen LogP contribution in [0.3, 0.4) is 0 Å². The van der Waals surface area contributed by atoms with Gasteiger partial charge in [0.25, 0.3) is 0 Å². The van der Waals surface area contributed by atoms with Gasteiger partial charge in [-0.15, -0.1) is 0 Å². The van der Waals surface area contributed by atoms with Gasteiger partial charge in [0.2, 0.25) is 0 Å². The summed E-state index contributed by atoms with van der Waals surface area (Å²) in [6.07, 6.45) is 7.17. The summed E-state index contributed by atoms with van der Waals surface area (Å²) in [6, 6.07) is 3.84. The highest BCUT2D eigenvalue weighted by atomic mass is 16.1. The standard InChI is InChI=1S/C15H16N4O/c1-15(2,3)13(20)10-8-16-14-12(10)18-11(9-17-14)19-6-4-5-7-19/h4-9H,1-3H3,(H,16,17). The van der Waals surface area contributed by atoms with Crippen LogP contribution in [0.25, 0.3) is 17.0 Å². The summed E-state index contributed by atoms with van der Waals surface area (Å²) in [5.41, 5.74) is 1.40. The Kier molecular flexibility index (Phi) is 2.71. The molecule has 0 saturated carbocycles. The molecule has 0 aliphatic carbocycles. The van der Waals surface area contributed by atoms with Gasteiger partial charge in [0, 0.05) is 24.0 Å². The molecule has 3 aromatic rings. The van der Waals surface area contributed by atoms with Crippen LogP contribution in [0.15, 0.2) is 36.9 Å². The van der Waals surface area contributed by atoms with Crippen molar-refractivity contribution < 1.29 is 4.79 Å². The lowest BCUT2D eigenvalue weighted by molar-refractivity contribution is 0.0860. The van der Waals surface area contributed by atoms with Gasteiger partial charge in [-0.25, -0.2) is 9.97 Å². The number of aromatic nitrogens is 4. The number of carbonyl (C=O) groups is 1. The molecule has 5 heteroatoms. The SMILES string of the molecule is CC(C)(C)C(=O)c1c[nH]c2ncc(-n3cccc3)nc12. The third-order valence-corrected chi connectivity index (χ3v) is 3.16. The fraction of sp³-hybridized carbons (Fsp3) is 0.267. The fourth-order valence-corrected chi connectivity index (χ4v) is 2.07. The minimum Gasteiger partial charge on any atom is -0.344 e. The number of fused-ring (bicyclic) bond motifs is 1. The Labute approximate surface area is 116 Å². The second-order valence-electron chi connectivity index (χ2n) is 5.80. The van der Waals surface area contributed by atoms with Crippen molar-refractivity contribution in [1.29, 1.82) is 0 Å². The van der Waals surface area contributed by atoms with Crippen LogP contribution in [0, 0.1) is 5.41 Å². The molecule has 0 atom stereocenters. The summed E-state index contributed by atoms with van der Waals surface area (Å²) < 4.78 is 1.87. The number of hydrogen-bond acceptors (Lipinski definition) is 3. The van der Waals surface area contributed by atoms with Gasteiger partial charge in [-0.05, 0) is 12.1 Å². The van der Waals surface area contributed by atoms with Crippen molar-refractivity contribution in [2.45, 2.75) is 20.8 Å². The summed E-state index contributed by atoms with van der Waals surface area (Å²) in [4.78, 5) is 24.3. The van der Waals surface area contributed by atoms with Crippen LogP contribution < -0.4 is 0 Å². The molecule has 0 bridgehead atoms. The van der Waals surface area contributed by atoms with E-state index in [0.29, 0.717) is 22.5 Å². The van der Waals surface area contributed by atoms with Crippen LogP contribution in [-0.4, -0.2) is 25.3 Å². The summed E-state index contributed by atoms with van der Waals surface area (Å²) >= 11 is 0.